The maximum Gasteiger partial charge on any atom is 0.309 e. The molecule has 4 saturated carbocycles. The molecule has 0 radical (unpaired) electrons. The molecule has 1 aromatic rings. The van der Waals surface area contributed by atoms with E-state index < -0.39 is 17.4 Å². The Balaban J connectivity index is 1.22. The van der Waals surface area contributed by atoms with Crippen LogP contribution in [0, 0.1) is 56.7 Å². The molecule has 0 aromatic heterocycles. The smallest absolute Gasteiger partial charge is 0.309 e. The number of hydrogen-bond donors (Lipinski definition) is 1. The van der Waals surface area contributed by atoms with Crippen LogP contribution in [0.4, 0.5) is 0 Å². The summed E-state index contributed by atoms with van der Waals surface area (Å²) in [7, 11) is 2.23. The topological polar surface area (TPSA) is 83.9 Å². The fraction of sp³-hybridized carbons (Fsp3) is 0.750. The van der Waals surface area contributed by atoms with Crippen LogP contribution < -0.4 is 0 Å². The first-order valence-electron chi connectivity index (χ1n) is 19.8. The second-order valence-electron chi connectivity index (χ2n) is 19.5. The van der Waals surface area contributed by atoms with Crippen LogP contribution >= 0.6 is 0 Å². The van der Waals surface area contributed by atoms with Crippen molar-refractivity contribution in [1.82, 2.24) is 4.90 Å². The van der Waals surface area contributed by atoms with Gasteiger partial charge in [0.1, 0.15) is 6.10 Å². The number of carbonyl (C=O) groups excluding carboxylic acids is 2. The number of ketones is 1. The highest BCUT2D eigenvalue weighted by atomic mass is 16.5. The van der Waals surface area contributed by atoms with E-state index in [9.17, 15) is 19.5 Å². The summed E-state index contributed by atoms with van der Waals surface area (Å²) >= 11 is 0. The molecule has 6 heteroatoms. The predicted molar refractivity (Wildman–Crippen MR) is 198 cm³/mol. The number of hydrogen-bond acceptors (Lipinski definition) is 5. The molecule has 6 nitrogen and oxygen atoms in total. The van der Waals surface area contributed by atoms with Gasteiger partial charge >= 0.3 is 11.9 Å². The molecule has 0 saturated heterocycles. The third-order valence-electron chi connectivity index (χ3n) is 15.4. The maximum absolute atomic E-state index is 14.0. The van der Waals surface area contributed by atoms with Crippen LogP contribution in [0.15, 0.2) is 41.5 Å². The fourth-order valence-electron chi connectivity index (χ4n) is 12.9. The summed E-state index contributed by atoms with van der Waals surface area (Å²) in [6.07, 6.45) is 10.4. The van der Waals surface area contributed by atoms with Gasteiger partial charge in [0.25, 0.3) is 0 Å². The number of Topliss-reactive ketones (excluding diaryl/α,β-unsaturated/α-hetero) is 1. The van der Waals surface area contributed by atoms with Crippen molar-refractivity contribution >= 4 is 17.7 Å². The SMILES string of the molecule is CC(C)C1=C2C3CCC4C(C)(CCC5C(C)(C)C(OC(=O)CC(C)(C)C(=O)O)CCC54C)C3CCC2(CCN(C)Cc2ccccc2)CC1=O. The number of nitrogens with zero attached hydrogens (tertiary/aromatic N) is 1. The monoisotopic (exact) mass is 687 g/mol. The summed E-state index contributed by atoms with van der Waals surface area (Å²) in [5, 5.41) is 9.59. The minimum atomic E-state index is -1.14. The standard InChI is InChI=1S/C44H65NO5/c1-28(2)37-32(46)25-44(23-24-45(9)27-29-13-11-10-12-14-29)22-17-31-30(38(37)44)15-16-34-42(31,7)20-18-33-41(5,6)35(19-21-43(33,34)8)50-36(47)26-40(3,4)39(48)49/h10-14,28,30-31,33-35H,15-27H2,1-9H3,(H,48,49). The zero-order chi connectivity index (χ0) is 36.4. The number of carboxylic acids is 1. The largest absolute Gasteiger partial charge is 0.481 e. The van der Waals surface area contributed by atoms with Gasteiger partial charge in [-0.3, -0.25) is 14.4 Å². The van der Waals surface area contributed by atoms with Gasteiger partial charge in [0, 0.05) is 23.8 Å². The molecule has 0 spiro atoms. The van der Waals surface area contributed by atoms with Crippen LogP contribution in [-0.2, 0) is 25.7 Å². The van der Waals surface area contributed by atoms with E-state index in [0.717, 1.165) is 45.2 Å². The van der Waals surface area contributed by atoms with Gasteiger partial charge in [-0.1, -0.05) is 77.4 Å². The molecular weight excluding hydrogens is 622 g/mol. The third kappa shape index (κ3) is 6.21. The molecule has 4 fully saturated rings. The predicted octanol–water partition coefficient (Wildman–Crippen LogP) is 9.51. The van der Waals surface area contributed by atoms with Crippen LogP contribution in [0.5, 0.6) is 0 Å². The Labute approximate surface area is 302 Å². The van der Waals surface area contributed by atoms with E-state index in [-0.39, 0.29) is 40.1 Å². The lowest BCUT2D eigenvalue weighted by Gasteiger charge is -2.69. The zero-order valence-corrected chi connectivity index (χ0v) is 32.6. The molecule has 0 heterocycles. The first kappa shape index (κ1) is 37.3. The summed E-state index contributed by atoms with van der Waals surface area (Å²) in [5.74, 6) is 1.45. The number of esters is 1. The maximum atomic E-state index is 14.0. The van der Waals surface area contributed by atoms with E-state index in [4.69, 9.17) is 4.74 Å². The highest BCUT2D eigenvalue weighted by molar-refractivity contribution is 6.00. The van der Waals surface area contributed by atoms with Gasteiger partial charge in [0.15, 0.2) is 5.78 Å². The van der Waals surface area contributed by atoms with Crippen molar-refractivity contribution in [3.05, 3.63) is 47.0 Å². The Morgan fingerprint density at radius 3 is 2.28 bits per heavy atom. The normalized spacial score (nSPS) is 36.5. The molecule has 50 heavy (non-hydrogen) atoms. The first-order chi connectivity index (χ1) is 23.4. The molecule has 1 N–H and O–H groups in total. The Morgan fingerprint density at radius 2 is 1.62 bits per heavy atom. The summed E-state index contributed by atoms with van der Waals surface area (Å²) in [4.78, 5) is 41.2. The quantitative estimate of drug-likeness (QED) is 0.247. The van der Waals surface area contributed by atoms with Crippen molar-refractivity contribution in [2.45, 2.75) is 139 Å². The van der Waals surface area contributed by atoms with Gasteiger partial charge in [-0.15, -0.1) is 0 Å². The average molecular weight is 688 g/mol. The molecule has 1 aromatic carbocycles. The lowest BCUT2D eigenvalue weighted by atomic mass is 9.36. The minimum Gasteiger partial charge on any atom is -0.481 e. The van der Waals surface area contributed by atoms with E-state index in [2.05, 4.69) is 83.8 Å². The number of benzene rings is 1. The summed E-state index contributed by atoms with van der Waals surface area (Å²) in [6, 6.07) is 10.7. The molecule has 5 aliphatic rings. The number of aliphatic carboxylic acids is 1. The van der Waals surface area contributed by atoms with Crippen LogP contribution in [0.2, 0.25) is 0 Å². The minimum absolute atomic E-state index is 0.00618. The van der Waals surface area contributed by atoms with Gasteiger partial charge in [-0.2, -0.15) is 0 Å². The van der Waals surface area contributed by atoms with Crippen molar-refractivity contribution in [2.24, 2.45) is 56.7 Å². The highest BCUT2D eigenvalue weighted by Gasteiger charge is 2.66. The van der Waals surface area contributed by atoms with Crippen LogP contribution in [0.1, 0.15) is 132 Å². The van der Waals surface area contributed by atoms with Crippen molar-refractivity contribution in [3.8, 4) is 0 Å². The van der Waals surface area contributed by atoms with Crippen LogP contribution in [0.3, 0.4) is 0 Å². The lowest BCUT2D eigenvalue weighted by molar-refractivity contribution is -0.214. The van der Waals surface area contributed by atoms with Gasteiger partial charge < -0.3 is 14.7 Å². The van der Waals surface area contributed by atoms with E-state index in [1.807, 2.05) is 0 Å². The summed E-state index contributed by atoms with van der Waals surface area (Å²) in [6.45, 7) is 19.4. The van der Waals surface area contributed by atoms with E-state index in [0.29, 0.717) is 35.9 Å². The number of ether oxygens (including phenoxy) is 1. The van der Waals surface area contributed by atoms with E-state index in [1.54, 1.807) is 19.4 Å². The highest BCUT2D eigenvalue weighted by Crippen LogP contribution is 2.73. The second kappa shape index (κ2) is 13.2. The Bertz CT molecular complexity index is 1510. The molecule has 0 amide bonds. The van der Waals surface area contributed by atoms with E-state index >= 15 is 0 Å². The lowest BCUT2D eigenvalue weighted by Crippen LogP contribution is -2.63. The number of rotatable bonds is 10. The van der Waals surface area contributed by atoms with Crippen LogP contribution in [0.25, 0.3) is 0 Å². The number of allylic oxidation sites excluding steroid dienone is 2. The number of carboxylic acid groups (broad SMARTS) is 1. The molecule has 5 aliphatic carbocycles. The van der Waals surface area contributed by atoms with Gasteiger partial charge in [-0.05, 0) is 137 Å². The van der Waals surface area contributed by atoms with Crippen molar-refractivity contribution < 1.29 is 24.2 Å². The summed E-state index contributed by atoms with van der Waals surface area (Å²) in [5.41, 5.74) is 3.15. The van der Waals surface area contributed by atoms with Gasteiger partial charge in [0.05, 0.1) is 11.8 Å². The third-order valence-corrected chi connectivity index (χ3v) is 15.4. The molecular formula is C44H65NO5. The Morgan fingerprint density at radius 1 is 0.940 bits per heavy atom. The van der Waals surface area contributed by atoms with Crippen molar-refractivity contribution in [3.63, 3.8) is 0 Å². The second-order valence-corrected chi connectivity index (χ2v) is 19.5. The average Bonchev–Trinajstić information content (AvgIpc) is 3.34. The molecule has 0 aliphatic heterocycles. The molecule has 8 atom stereocenters. The van der Waals surface area contributed by atoms with E-state index in [1.165, 1.54) is 36.8 Å². The Kier molecular flexibility index (Phi) is 9.83. The number of fused-ring (bicyclic) bond motifs is 7. The van der Waals surface area contributed by atoms with Gasteiger partial charge in [-0.25, -0.2) is 0 Å². The first-order valence-corrected chi connectivity index (χ1v) is 19.8. The molecule has 6 rings (SSSR count). The summed E-state index contributed by atoms with van der Waals surface area (Å²) < 4.78 is 6.17. The fourth-order valence-corrected chi connectivity index (χ4v) is 12.9. The molecule has 0 bridgehead atoms. The molecule has 8 unspecified atom stereocenters. The van der Waals surface area contributed by atoms with Crippen molar-refractivity contribution in [1.29, 1.82) is 0 Å². The molecule has 276 valence electrons. The van der Waals surface area contributed by atoms with Crippen molar-refractivity contribution in [2.75, 3.05) is 13.6 Å². The Hall–Kier alpha value is -2.47. The van der Waals surface area contributed by atoms with Gasteiger partial charge in [0.2, 0.25) is 0 Å². The zero-order valence-electron chi connectivity index (χ0n) is 32.6. The van der Waals surface area contributed by atoms with Crippen LogP contribution in [-0.4, -0.2) is 47.4 Å². The number of carbonyl (C=O) groups is 3.